The number of ether oxygens (including phenoxy) is 1. The number of halogens is 4. The van der Waals surface area contributed by atoms with Crippen LogP contribution in [0.5, 0.6) is 5.75 Å². The standard InChI is InChI=1S/C21H14BrF3N2O6S/c22-13-4-9-18(17(11-13)20(29)30)26-19(28)12-2-1-3-14(10-12)27-34(31,32)16-7-5-15(6-8-16)33-21(23,24)25/h1-11,27H,(H,26,28)(H,29,30). The summed E-state index contributed by atoms with van der Waals surface area (Å²) >= 11 is 3.15. The van der Waals surface area contributed by atoms with Crippen LogP contribution >= 0.6 is 15.9 Å². The molecule has 0 atom stereocenters. The van der Waals surface area contributed by atoms with Gasteiger partial charge in [-0.05, 0) is 60.7 Å². The smallest absolute Gasteiger partial charge is 0.478 e. The molecule has 178 valence electrons. The van der Waals surface area contributed by atoms with E-state index in [9.17, 15) is 36.3 Å². The summed E-state index contributed by atoms with van der Waals surface area (Å²) < 4.78 is 68.4. The molecule has 0 bridgehead atoms. The van der Waals surface area contributed by atoms with Crippen LogP contribution in [0.15, 0.2) is 76.1 Å². The van der Waals surface area contributed by atoms with Gasteiger partial charge < -0.3 is 15.2 Å². The number of anilines is 2. The number of alkyl halides is 3. The highest BCUT2D eigenvalue weighted by molar-refractivity contribution is 9.10. The van der Waals surface area contributed by atoms with E-state index in [1.165, 1.54) is 42.5 Å². The number of carboxylic acid groups (broad SMARTS) is 1. The number of sulfonamides is 1. The first-order valence-electron chi connectivity index (χ1n) is 9.17. The molecule has 34 heavy (non-hydrogen) atoms. The minimum absolute atomic E-state index is 0.00228. The van der Waals surface area contributed by atoms with Crippen LogP contribution in [0.1, 0.15) is 20.7 Å². The molecule has 3 rings (SSSR count). The molecule has 1 amide bonds. The Morgan fingerprint density at radius 1 is 0.971 bits per heavy atom. The minimum atomic E-state index is -4.92. The summed E-state index contributed by atoms with van der Waals surface area (Å²) in [6, 6.07) is 13.2. The van der Waals surface area contributed by atoms with Gasteiger partial charge in [0.05, 0.1) is 16.1 Å². The number of benzene rings is 3. The van der Waals surface area contributed by atoms with Crippen LogP contribution in [0, 0.1) is 0 Å². The summed E-state index contributed by atoms with van der Waals surface area (Å²) in [4.78, 5) is 23.7. The van der Waals surface area contributed by atoms with Crippen molar-refractivity contribution >= 4 is 49.2 Å². The fourth-order valence-electron chi connectivity index (χ4n) is 2.76. The van der Waals surface area contributed by atoms with E-state index in [0.717, 1.165) is 24.3 Å². The topological polar surface area (TPSA) is 122 Å². The van der Waals surface area contributed by atoms with Crippen LogP contribution in [-0.2, 0) is 10.0 Å². The van der Waals surface area contributed by atoms with Crippen molar-refractivity contribution in [3.63, 3.8) is 0 Å². The van der Waals surface area contributed by atoms with Crippen molar-refractivity contribution in [3.05, 3.63) is 82.3 Å². The van der Waals surface area contributed by atoms with Gasteiger partial charge in [0.15, 0.2) is 0 Å². The Morgan fingerprint density at radius 3 is 2.26 bits per heavy atom. The monoisotopic (exact) mass is 558 g/mol. The normalized spacial score (nSPS) is 11.5. The van der Waals surface area contributed by atoms with Crippen LogP contribution in [0.4, 0.5) is 24.5 Å². The van der Waals surface area contributed by atoms with E-state index in [-0.39, 0.29) is 27.4 Å². The van der Waals surface area contributed by atoms with Gasteiger partial charge in [0.2, 0.25) is 0 Å². The number of carbonyl (C=O) groups excluding carboxylic acids is 1. The highest BCUT2D eigenvalue weighted by atomic mass is 79.9. The first-order chi connectivity index (χ1) is 15.8. The molecule has 0 unspecified atom stereocenters. The Morgan fingerprint density at radius 2 is 1.65 bits per heavy atom. The average molecular weight is 559 g/mol. The molecule has 0 spiro atoms. The predicted molar refractivity (Wildman–Crippen MR) is 119 cm³/mol. The third-order valence-corrected chi connectivity index (χ3v) is 6.10. The summed E-state index contributed by atoms with van der Waals surface area (Å²) in [5.74, 6) is -2.54. The third-order valence-electron chi connectivity index (χ3n) is 4.20. The molecule has 0 aliphatic heterocycles. The first-order valence-corrected chi connectivity index (χ1v) is 11.4. The lowest BCUT2D eigenvalue weighted by molar-refractivity contribution is -0.274. The number of amides is 1. The Kier molecular flexibility index (Phi) is 7.17. The molecule has 3 N–H and O–H groups in total. The van der Waals surface area contributed by atoms with E-state index in [2.05, 4.69) is 30.7 Å². The van der Waals surface area contributed by atoms with Crippen molar-refractivity contribution in [1.82, 2.24) is 0 Å². The van der Waals surface area contributed by atoms with Crippen LogP contribution in [0.25, 0.3) is 0 Å². The van der Waals surface area contributed by atoms with E-state index < -0.39 is 34.0 Å². The molecule has 0 heterocycles. The molecular formula is C21H14BrF3N2O6S. The number of carbonyl (C=O) groups is 2. The average Bonchev–Trinajstić information content (AvgIpc) is 2.74. The van der Waals surface area contributed by atoms with E-state index in [0.29, 0.717) is 4.47 Å². The molecule has 0 aliphatic carbocycles. The molecule has 0 aliphatic rings. The maximum absolute atomic E-state index is 12.6. The molecule has 0 saturated heterocycles. The quantitative estimate of drug-likeness (QED) is 0.371. The van der Waals surface area contributed by atoms with Gasteiger partial charge in [-0.15, -0.1) is 13.2 Å². The fourth-order valence-corrected chi connectivity index (χ4v) is 4.17. The van der Waals surface area contributed by atoms with Crippen LogP contribution < -0.4 is 14.8 Å². The SMILES string of the molecule is O=C(Nc1ccc(Br)cc1C(=O)O)c1cccc(NS(=O)(=O)c2ccc(OC(F)(F)F)cc2)c1. The van der Waals surface area contributed by atoms with Crippen LogP contribution in [0.2, 0.25) is 0 Å². The lowest BCUT2D eigenvalue weighted by Gasteiger charge is -2.12. The molecule has 0 radical (unpaired) electrons. The molecule has 3 aromatic carbocycles. The minimum Gasteiger partial charge on any atom is -0.478 e. The second kappa shape index (κ2) is 9.73. The van der Waals surface area contributed by atoms with Gasteiger partial charge in [-0.25, -0.2) is 13.2 Å². The second-order valence-electron chi connectivity index (χ2n) is 6.65. The third kappa shape index (κ3) is 6.48. The summed E-state index contributed by atoms with van der Waals surface area (Å²) in [6.07, 6.45) is -4.92. The highest BCUT2D eigenvalue weighted by Crippen LogP contribution is 2.26. The zero-order valence-electron chi connectivity index (χ0n) is 16.8. The van der Waals surface area contributed by atoms with Crippen molar-refractivity contribution in [2.75, 3.05) is 10.0 Å². The van der Waals surface area contributed by atoms with E-state index in [4.69, 9.17) is 0 Å². The van der Waals surface area contributed by atoms with Gasteiger partial charge >= 0.3 is 12.3 Å². The summed E-state index contributed by atoms with van der Waals surface area (Å²) in [7, 11) is -4.20. The Labute approximate surface area is 199 Å². The van der Waals surface area contributed by atoms with Gasteiger partial charge in [0.25, 0.3) is 15.9 Å². The van der Waals surface area contributed by atoms with Gasteiger partial charge in [-0.2, -0.15) is 0 Å². The zero-order valence-corrected chi connectivity index (χ0v) is 19.2. The highest BCUT2D eigenvalue weighted by Gasteiger charge is 2.31. The van der Waals surface area contributed by atoms with Crippen molar-refractivity contribution < 1.29 is 41.0 Å². The second-order valence-corrected chi connectivity index (χ2v) is 9.25. The summed E-state index contributed by atoms with van der Waals surface area (Å²) in [5, 5.41) is 11.8. The lowest BCUT2D eigenvalue weighted by Crippen LogP contribution is -2.18. The van der Waals surface area contributed by atoms with Crippen molar-refractivity contribution in [2.24, 2.45) is 0 Å². The number of rotatable bonds is 7. The Hall–Kier alpha value is -3.58. The molecular weight excluding hydrogens is 545 g/mol. The number of aromatic carboxylic acids is 1. The molecule has 0 aromatic heterocycles. The Balaban J connectivity index is 1.78. The fraction of sp³-hybridized carbons (Fsp3) is 0.0476. The predicted octanol–water partition coefficient (Wildman–Crippen LogP) is 5.10. The molecule has 0 saturated carbocycles. The van der Waals surface area contributed by atoms with E-state index in [1.807, 2.05) is 0 Å². The van der Waals surface area contributed by atoms with Gasteiger partial charge in [0, 0.05) is 15.7 Å². The van der Waals surface area contributed by atoms with Gasteiger partial charge in [-0.3, -0.25) is 9.52 Å². The first kappa shape index (κ1) is 25.1. The molecule has 0 fully saturated rings. The zero-order chi connectivity index (χ0) is 25.1. The van der Waals surface area contributed by atoms with E-state index >= 15 is 0 Å². The van der Waals surface area contributed by atoms with E-state index in [1.54, 1.807) is 0 Å². The van der Waals surface area contributed by atoms with Crippen molar-refractivity contribution in [1.29, 1.82) is 0 Å². The maximum atomic E-state index is 12.6. The van der Waals surface area contributed by atoms with Gasteiger partial charge in [0.1, 0.15) is 5.75 Å². The summed E-state index contributed by atoms with van der Waals surface area (Å²) in [6.45, 7) is 0. The number of hydrogen-bond acceptors (Lipinski definition) is 5. The van der Waals surface area contributed by atoms with Crippen molar-refractivity contribution in [3.8, 4) is 5.75 Å². The lowest BCUT2D eigenvalue weighted by atomic mass is 10.1. The number of hydrogen-bond donors (Lipinski definition) is 3. The molecule has 13 heteroatoms. The Bertz CT molecular complexity index is 1350. The summed E-state index contributed by atoms with van der Waals surface area (Å²) in [5.41, 5.74) is -0.101. The number of nitrogens with one attached hydrogen (secondary N) is 2. The van der Waals surface area contributed by atoms with Crippen LogP contribution in [0.3, 0.4) is 0 Å². The molecule has 3 aromatic rings. The van der Waals surface area contributed by atoms with Crippen LogP contribution in [-0.4, -0.2) is 31.8 Å². The largest absolute Gasteiger partial charge is 0.573 e. The van der Waals surface area contributed by atoms with Gasteiger partial charge in [-0.1, -0.05) is 22.0 Å². The van der Waals surface area contributed by atoms with Crippen molar-refractivity contribution in [2.45, 2.75) is 11.3 Å². The molecule has 8 nitrogen and oxygen atoms in total. The number of carboxylic acids is 1. The maximum Gasteiger partial charge on any atom is 0.573 e.